The van der Waals surface area contributed by atoms with Gasteiger partial charge in [0.25, 0.3) is 0 Å². The van der Waals surface area contributed by atoms with Crippen molar-refractivity contribution in [2.75, 3.05) is 26.2 Å². The summed E-state index contributed by atoms with van der Waals surface area (Å²) >= 11 is 6.00. The van der Waals surface area contributed by atoms with Gasteiger partial charge in [0.05, 0.1) is 11.5 Å². The number of hydrogen-bond donors (Lipinski definition) is 0. The van der Waals surface area contributed by atoms with Crippen LogP contribution in [0.4, 0.5) is 0 Å². The zero-order valence-corrected chi connectivity index (χ0v) is 21.4. The highest BCUT2D eigenvalue weighted by atomic mass is 35.5. The summed E-state index contributed by atoms with van der Waals surface area (Å²) in [5.74, 6) is 0.720. The molecule has 0 bridgehead atoms. The molecule has 1 aliphatic rings. The van der Waals surface area contributed by atoms with Gasteiger partial charge >= 0.3 is 0 Å². The fourth-order valence-corrected chi connectivity index (χ4v) is 5.82. The van der Waals surface area contributed by atoms with Crippen LogP contribution in [0.25, 0.3) is 0 Å². The molecule has 0 amide bonds. The van der Waals surface area contributed by atoms with Crippen molar-refractivity contribution in [3.05, 3.63) is 89.2 Å². The van der Waals surface area contributed by atoms with Crippen molar-refractivity contribution in [1.82, 2.24) is 14.2 Å². The Morgan fingerprint density at radius 3 is 2.37 bits per heavy atom. The van der Waals surface area contributed by atoms with Crippen LogP contribution in [0, 0.1) is 0 Å². The molecular weight excluding hydrogens is 482 g/mol. The van der Waals surface area contributed by atoms with Gasteiger partial charge in [-0.25, -0.2) is 8.42 Å². The van der Waals surface area contributed by atoms with Crippen LogP contribution >= 0.6 is 11.6 Å². The highest BCUT2D eigenvalue weighted by molar-refractivity contribution is 7.89. The van der Waals surface area contributed by atoms with Crippen molar-refractivity contribution < 1.29 is 13.2 Å². The lowest BCUT2D eigenvalue weighted by Crippen LogP contribution is -2.31. The molecule has 0 radical (unpaired) electrons. The normalized spacial score (nSPS) is 14.8. The third-order valence-corrected chi connectivity index (χ3v) is 8.26. The number of nitrogens with zero attached hydrogens (tertiary/aromatic N) is 3. The molecule has 1 aromatic heterocycles. The summed E-state index contributed by atoms with van der Waals surface area (Å²) in [6, 6.07) is 17.6. The monoisotopic (exact) mass is 513 g/mol. The number of ether oxygens (including phenoxy) is 1. The zero-order chi connectivity index (χ0) is 24.5. The van der Waals surface area contributed by atoms with Crippen molar-refractivity contribution in [2.45, 2.75) is 43.7 Å². The number of rotatable bonds is 11. The minimum absolute atomic E-state index is 0.190. The standard InChI is InChI=1S/C27H32ClN3O3S/c28-25-9-11-26(12-10-25)35(32,33)31(21-23-13-15-29-16-14-23)22-24-7-2-3-8-27(24)34-20-6-19-30-17-4-1-5-18-30/h2-3,7-16H,1,4-6,17-22H2. The number of likely N-dealkylation sites (tertiary alicyclic amines) is 1. The Kier molecular flexibility index (Phi) is 9.15. The van der Waals surface area contributed by atoms with E-state index in [4.69, 9.17) is 16.3 Å². The molecule has 0 atom stereocenters. The van der Waals surface area contributed by atoms with Gasteiger partial charge in [-0.15, -0.1) is 0 Å². The minimum Gasteiger partial charge on any atom is -0.493 e. The predicted molar refractivity (Wildman–Crippen MR) is 139 cm³/mol. The quantitative estimate of drug-likeness (QED) is 0.322. The molecule has 0 aliphatic carbocycles. The molecule has 1 aliphatic heterocycles. The van der Waals surface area contributed by atoms with Crippen LogP contribution in [0.3, 0.4) is 0 Å². The molecule has 0 saturated carbocycles. The van der Waals surface area contributed by atoms with Gasteiger partial charge in [-0.3, -0.25) is 4.98 Å². The molecule has 8 heteroatoms. The highest BCUT2D eigenvalue weighted by Crippen LogP contribution is 2.26. The van der Waals surface area contributed by atoms with Gasteiger partial charge < -0.3 is 9.64 Å². The predicted octanol–water partition coefficient (Wildman–Crippen LogP) is 5.38. The second-order valence-corrected chi connectivity index (χ2v) is 11.2. The summed E-state index contributed by atoms with van der Waals surface area (Å²) in [7, 11) is -3.78. The van der Waals surface area contributed by atoms with Crippen LogP contribution in [0.2, 0.25) is 5.02 Å². The van der Waals surface area contributed by atoms with E-state index in [1.807, 2.05) is 36.4 Å². The van der Waals surface area contributed by atoms with E-state index in [0.717, 1.165) is 29.8 Å². The van der Waals surface area contributed by atoms with Crippen molar-refractivity contribution >= 4 is 21.6 Å². The molecule has 0 spiro atoms. The number of para-hydroxylation sites is 1. The van der Waals surface area contributed by atoms with E-state index in [1.54, 1.807) is 36.7 Å². The summed E-state index contributed by atoms with van der Waals surface area (Å²) in [6.45, 7) is 4.38. The Bertz CT molecular complexity index is 1170. The molecule has 6 nitrogen and oxygen atoms in total. The Morgan fingerprint density at radius 1 is 0.914 bits per heavy atom. The van der Waals surface area contributed by atoms with Gasteiger partial charge in [-0.05, 0) is 80.4 Å². The third kappa shape index (κ3) is 7.27. The largest absolute Gasteiger partial charge is 0.493 e. The first-order valence-electron chi connectivity index (χ1n) is 12.1. The molecule has 0 unspecified atom stereocenters. The van der Waals surface area contributed by atoms with Crippen LogP contribution in [0.5, 0.6) is 5.75 Å². The number of aromatic nitrogens is 1. The van der Waals surface area contributed by atoms with Crippen LogP contribution in [-0.2, 0) is 23.1 Å². The summed E-state index contributed by atoms with van der Waals surface area (Å²) in [5.41, 5.74) is 1.69. The van der Waals surface area contributed by atoms with Crippen LogP contribution in [-0.4, -0.2) is 48.8 Å². The lowest BCUT2D eigenvalue weighted by molar-refractivity contribution is 0.204. The molecule has 1 saturated heterocycles. The first-order chi connectivity index (χ1) is 17.0. The lowest BCUT2D eigenvalue weighted by Gasteiger charge is -2.26. The Balaban J connectivity index is 1.50. The SMILES string of the molecule is O=S(=O)(c1ccc(Cl)cc1)N(Cc1ccncc1)Cc1ccccc1OCCCN1CCCCC1. The van der Waals surface area contributed by atoms with Crippen LogP contribution < -0.4 is 4.74 Å². The molecule has 186 valence electrons. The van der Waals surface area contributed by atoms with E-state index in [9.17, 15) is 8.42 Å². The smallest absolute Gasteiger partial charge is 0.243 e. The number of piperidine rings is 1. The molecule has 1 fully saturated rings. The number of hydrogen-bond acceptors (Lipinski definition) is 5. The Hall–Kier alpha value is -2.45. The molecule has 2 heterocycles. The van der Waals surface area contributed by atoms with Gasteiger partial charge in [0.1, 0.15) is 5.75 Å². The highest BCUT2D eigenvalue weighted by Gasteiger charge is 2.26. The number of pyridine rings is 1. The number of halogens is 1. The topological polar surface area (TPSA) is 62.7 Å². The summed E-state index contributed by atoms with van der Waals surface area (Å²) < 4.78 is 34.9. The molecule has 0 N–H and O–H groups in total. The summed E-state index contributed by atoms with van der Waals surface area (Å²) in [4.78, 5) is 6.75. The first-order valence-corrected chi connectivity index (χ1v) is 13.9. The van der Waals surface area contributed by atoms with E-state index in [-0.39, 0.29) is 18.0 Å². The number of sulfonamides is 1. The first kappa shape index (κ1) is 25.6. The fourth-order valence-electron chi connectivity index (χ4n) is 4.29. The van der Waals surface area contributed by atoms with Gasteiger partial charge in [0.15, 0.2) is 0 Å². The second kappa shape index (κ2) is 12.5. The van der Waals surface area contributed by atoms with Gasteiger partial charge in [0.2, 0.25) is 10.0 Å². The molecule has 4 rings (SSSR count). The van der Waals surface area contributed by atoms with Gasteiger partial charge in [-0.2, -0.15) is 4.31 Å². The van der Waals surface area contributed by atoms with E-state index in [0.29, 0.717) is 11.6 Å². The maximum atomic E-state index is 13.6. The zero-order valence-electron chi connectivity index (χ0n) is 19.9. The van der Waals surface area contributed by atoms with Gasteiger partial charge in [0, 0.05) is 42.6 Å². The second-order valence-electron chi connectivity index (χ2n) is 8.79. The minimum atomic E-state index is -3.78. The maximum Gasteiger partial charge on any atom is 0.243 e. The van der Waals surface area contributed by atoms with E-state index < -0.39 is 10.0 Å². The van der Waals surface area contributed by atoms with E-state index in [1.165, 1.54) is 36.7 Å². The average Bonchev–Trinajstić information content (AvgIpc) is 2.88. The Labute approximate surface area is 213 Å². The fraction of sp³-hybridized carbons (Fsp3) is 0.370. The third-order valence-electron chi connectivity index (χ3n) is 6.20. The van der Waals surface area contributed by atoms with Crippen molar-refractivity contribution in [3.8, 4) is 5.75 Å². The van der Waals surface area contributed by atoms with Crippen molar-refractivity contribution in [1.29, 1.82) is 0 Å². The molecule has 35 heavy (non-hydrogen) atoms. The maximum absolute atomic E-state index is 13.6. The average molecular weight is 514 g/mol. The van der Waals surface area contributed by atoms with E-state index >= 15 is 0 Å². The van der Waals surface area contributed by atoms with Crippen LogP contribution in [0.1, 0.15) is 36.8 Å². The van der Waals surface area contributed by atoms with Crippen molar-refractivity contribution in [2.24, 2.45) is 0 Å². The van der Waals surface area contributed by atoms with E-state index in [2.05, 4.69) is 9.88 Å². The molecule has 3 aromatic rings. The van der Waals surface area contributed by atoms with Crippen molar-refractivity contribution in [3.63, 3.8) is 0 Å². The summed E-state index contributed by atoms with van der Waals surface area (Å²) in [6.07, 6.45) is 8.16. The summed E-state index contributed by atoms with van der Waals surface area (Å²) in [5, 5.41) is 0.493. The molecular formula is C27H32ClN3O3S. The molecule has 2 aromatic carbocycles. The number of benzene rings is 2. The Morgan fingerprint density at radius 2 is 1.63 bits per heavy atom. The van der Waals surface area contributed by atoms with Gasteiger partial charge in [-0.1, -0.05) is 36.2 Å². The van der Waals surface area contributed by atoms with Crippen LogP contribution in [0.15, 0.2) is 78.0 Å². The lowest BCUT2D eigenvalue weighted by atomic mass is 10.1.